The fourth-order valence-corrected chi connectivity index (χ4v) is 2.77. The molecule has 2 aliphatic rings. The van der Waals surface area contributed by atoms with E-state index in [1.807, 2.05) is 0 Å². The molecule has 0 amide bonds. The Kier molecular flexibility index (Phi) is 3.79. The standard InChI is InChI=1S/C11H22N2O/c1-14-8-11-6-9(7-13-11)5-10-3-2-4-12-10/h9-13H,2-8H2,1H3. The van der Waals surface area contributed by atoms with Crippen LogP contribution in [0.5, 0.6) is 0 Å². The van der Waals surface area contributed by atoms with Crippen molar-refractivity contribution in [3.63, 3.8) is 0 Å². The average molecular weight is 198 g/mol. The molecule has 0 saturated carbocycles. The Morgan fingerprint density at radius 2 is 2.21 bits per heavy atom. The summed E-state index contributed by atoms with van der Waals surface area (Å²) in [6.45, 7) is 3.28. The highest BCUT2D eigenvalue weighted by Gasteiger charge is 2.27. The van der Waals surface area contributed by atoms with E-state index < -0.39 is 0 Å². The number of hydrogen-bond donors (Lipinski definition) is 2. The van der Waals surface area contributed by atoms with Gasteiger partial charge in [-0.25, -0.2) is 0 Å². The molecule has 82 valence electrons. The van der Waals surface area contributed by atoms with Gasteiger partial charge in [-0.05, 0) is 44.7 Å². The highest BCUT2D eigenvalue weighted by atomic mass is 16.5. The lowest BCUT2D eigenvalue weighted by molar-refractivity contribution is 0.172. The smallest absolute Gasteiger partial charge is 0.0615 e. The molecular weight excluding hydrogens is 176 g/mol. The first-order chi connectivity index (χ1) is 6.88. The number of hydrogen-bond acceptors (Lipinski definition) is 3. The van der Waals surface area contributed by atoms with Crippen molar-refractivity contribution in [2.24, 2.45) is 5.92 Å². The molecule has 3 unspecified atom stereocenters. The van der Waals surface area contributed by atoms with Crippen LogP contribution in [0.2, 0.25) is 0 Å². The van der Waals surface area contributed by atoms with E-state index in [-0.39, 0.29) is 0 Å². The molecule has 14 heavy (non-hydrogen) atoms. The molecule has 2 saturated heterocycles. The molecule has 2 heterocycles. The molecule has 3 nitrogen and oxygen atoms in total. The SMILES string of the molecule is COCC1CC(CC2CCCN2)CN1. The lowest BCUT2D eigenvalue weighted by Crippen LogP contribution is -2.26. The van der Waals surface area contributed by atoms with Crippen molar-refractivity contribution in [1.82, 2.24) is 10.6 Å². The second-order valence-corrected chi connectivity index (χ2v) is 4.69. The van der Waals surface area contributed by atoms with E-state index >= 15 is 0 Å². The molecule has 0 aromatic heterocycles. The van der Waals surface area contributed by atoms with Gasteiger partial charge in [-0.15, -0.1) is 0 Å². The quantitative estimate of drug-likeness (QED) is 0.699. The normalized spacial score (nSPS) is 37.9. The van der Waals surface area contributed by atoms with Gasteiger partial charge in [0.05, 0.1) is 6.61 Å². The lowest BCUT2D eigenvalue weighted by atomic mass is 9.96. The van der Waals surface area contributed by atoms with Gasteiger partial charge in [-0.1, -0.05) is 0 Å². The van der Waals surface area contributed by atoms with Crippen molar-refractivity contribution in [2.75, 3.05) is 26.8 Å². The van der Waals surface area contributed by atoms with Crippen LogP contribution in [0.1, 0.15) is 25.7 Å². The van der Waals surface area contributed by atoms with Crippen LogP contribution in [-0.2, 0) is 4.74 Å². The Balaban J connectivity index is 1.67. The van der Waals surface area contributed by atoms with Gasteiger partial charge < -0.3 is 15.4 Å². The van der Waals surface area contributed by atoms with Crippen molar-refractivity contribution in [1.29, 1.82) is 0 Å². The summed E-state index contributed by atoms with van der Waals surface area (Å²) in [6, 6.07) is 1.40. The fourth-order valence-electron chi connectivity index (χ4n) is 2.77. The molecule has 3 atom stereocenters. The maximum Gasteiger partial charge on any atom is 0.0615 e. The van der Waals surface area contributed by atoms with Gasteiger partial charge in [0.2, 0.25) is 0 Å². The lowest BCUT2D eigenvalue weighted by Gasteiger charge is -2.15. The van der Waals surface area contributed by atoms with Crippen LogP contribution < -0.4 is 10.6 Å². The zero-order chi connectivity index (χ0) is 9.80. The average Bonchev–Trinajstić information content (AvgIpc) is 2.79. The molecule has 2 rings (SSSR count). The molecule has 2 fully saturated rings. The van der Waals surface area contributed by atoms with Gasteiger partial charge in [-0.2, -0.15) is 0 Å². The molecule has 2 aliphatic heterocycles. The molecule has 0 radical (unpaired) electrons. The van der Waals surface area contributed by atoms with Gasteiger partial charge >= 0.3 is 0 Å². The Hall–Kier alpha value is -0.120. The van der Waals surface area contributed by atoms with E-state index in [9.17, 15) is 0 Å². The summed E-state index contributed by atoms with van der Waals surface area (Å²) in [5.41, 5.74) is 0. The van der Waals surface area contributed by atoms with E-state index in [1.165, 1.54) is 38.8 Å². The van der Waals surface area contributed by atoms with Crippen molar-refractivity contribution in [2.45, 2.75) is 37.8 Å². The minimum atomic E-state index is 0.603. The molecule has 0 spiro atoms. The van der Waals surface area contributed by atoms with Crippen LogP contribution in [0, 0.1) is 5.92 Å². The Morgan fingerprint density at radius 1 is 1.29 bits per heavy atom. The van der Waals surface area contributed by atoms with E-state index in [0.717, 1.165) is 18.6 Å². The van der Waals surface area contributed by atoms with Gasteiger partial charge in [0.15, 0.2) is 0 Å². The van der Waals surface area contributed by atoms with E-state index in [0.29, 0.717) is 6.04 Å². The molecule has 3 heteroatoms. The van der Waals surface area contributed by atoms with E-state index in [4.69, 9.17) is 4.74 Å². The predicted molar refractivity (Wildman–Crippen MR) is 57.4 cm³/mol. The summed E-state index contributed by atoms with van der Waals surface area (Å²) in [5, 5.41) is 7.10. The second kappa shape index (κ2) is 5.10. The molecule has 0 aromatic carbocycles. The Labute approximate surface area is 86.6 Å². The van der Waals surface area contributed by atoms with Crippen LogP contribution in [0.25, 0.3) is 0 Å². The minimum absolute atomic E-state index is 0.603. The van der Waals surface area contributed by atoms with Crippen LogP contribution in [0.15, 0.2) is 0 Å². The zero-order valence-corrected chi connectivity index (χ0v) is 9.09. The predicted octanol–water partition coefficient (Wildman–Crippen LogP) is 0.753. The second-order valence-electron chi connectivity index (χ2n) is 4.69. The van der Waals surface area contributed by atoms with Gasteiger partial charge in [0, 0.05) is 19.2 Å². The van der Waals surface area contributed by atoms with Crippen LogP contribution in [-0.4, -0.2) is 38.9 Å². The van der Waals surface area contributed by atoms with Gasteiger partial charge in [-0.3, -0.25) is 0 Å². The van der Waals surface area contributed by atoms with E-state index in [2.05, 4.69) is 10.6 Å². The minimum Gasteiger partial charge on any atom is -0.383 e. The maximum absolute atomic E-state index is 5.17. The third-order valence-electron chi connectivity index (χ3n) is 3.46. The summed E-state index contributed by atoms with van der Waals surface area (Å²) in [7, 11) is 1.79. The first-order valence-electron chi connectivity index (χ1n) is 5.84. The van der Waals surface area contributed by atoms with Crippen molar-refractivity contribution in [3.05, 3.63) is 0 Å². The summed E-state index contributed by atoms with van der Waals surface area (Å²) >= 11 is 0. The zero-order valence-electron chi connectivity index (χ0n) is 9.09. The Bertz CT molecular complexity index is 169. The largest absolute Gasteiger partial charge is 0.383 e. The first-order valence-corrected chi connectivity index (χ1v) is 5.84. The third kappa shape index (κ3) is 2.69. The summed E-state index contributed by atoms with van der Waals surface area (Å²) in [4.78, 5) is 0. The van der Waals surface area contributed by atoms with Crippen LogP contribution >= 0.6 is 0 Å². The number of rotatable bonds is 4. The maximum atomic E-state index is 5.17. The summed E-state index contributed by atoms with van der Waals surface area (Å²) < 4.78 is 5.17. The third-order valence-corrected chi connectivity index (χ3v) is 3.46. The topological polar surface area (TPSA) is 33.3 Å². The van der Waals surface area contributed by atoms with E-state index in [1.54, 1.807) is 7.11 Å². The Morgan fingerprint density at radius 3 is 2.93 bits per heavy atom. The van der Waals surface area contributed by atoms with Crippen molar-refractivity contribution >= 4 is 0 Å². The highest BCUT2D eigenvalue weighted by Crippen LogP contribution is 2.22. The van der Waals surface area contributed by atoms with Crippen molar-refractivity contribution < 1.29 is 4.74 Å². The monoisotopic (exact) mass is 198 g/mol. The van der Waals surface area contributed by atoms with Gasteiger partial charge in [0.1, 0.15) is 0 Å². The first kappa shape index (κ1) is 10.4. The highest BCUT2D eigenvalue weighted by molar-refractivity contribution is 4.86. The molecule has 0 bridgehead atoms. The summed E-state index contributed by atoms with van der Waals surface area (Å²) in [6.07, 6.45) is 5.40. The molecular formula is C11H22N2O. The molecule has 2 N–H and O–H groups in total. The molecule has 0 aromatic rings. The number of methoxy groups -OCH3 is 1. The molecule has 0 aliphatic carbocycles. The summed E-state index contributed by atoms with van der Waals surface area (Å²) in [5.74, 6) is 0.866. The van der Waals surface area contributed by atoms with Crippen LogP contribution in [0.4, 0.5) is 0 Å². The van der Waals surface area contributed by atoms with Crippen LogP contribution in [0.3, 0.4) is 0 Å². The van der Waals surface area contributed by atoms with Crippen molar-refractivity contribution in [3.8, 4) is 0 Å². The van der Waals surface area contributed by atoms with Gasteiger partial charge in [0.25, 0.3) is 0 Å². The fraction of sp³-hybridized carbons (Fsp3) is 1.00. The number of nitrogens with one attached hydrogen (secondary N) is 2. The number of ether oxygens (including phenoxy) is 1.